The lowest BCUT2D eigenvalue weighted by Crippen LogP contribution is -2.23. The summed E-state index contributed by atoms with van der Waals surface area (Å²) in [5, 5.41) is 3.44. The largest absolute Gasteiger partial charge is 0.495 e. The van der Waals surface area contributed by atoms with Crippen molar-refractivity contribution in [3.8, 4) is 16.9 Å². The molecule has 28 heavy (non-hydrogen) atoms. The SMILES string of the molecule is COc1ccc(CNC(=O)c2cc(CN)cc(-c3cnccc3C)c2)cc1Cl. The molecule has 144 valence electrons. The van der Waals surface area contributed by atoms with Gasteiger partial charge in [-0.25, -0.2) is 0 Å². The van der Waals surface area contributed by atoms with Crippen LogP contribution in [0.1, 0.15) is 27.0 Å². The minimum absolute atomic E-state index is 0.176. The van der Waals surface area contributed by atoms with Gasteiger partial charge in [0.25, 0.3) is 5.91 Å². The third-order valence-corrected chi connectivity index (χ3v) is 4.81. The number of methoxy groups -OCH3 is 1. The molecule has 0 aliphatic heterocycles. The van der Waals surface area contributed by atoms with E-state index in [4.69, 9.17) is 22.1 Å². The molecule has 0 aliphatic rings. The summed E-state index contributed by atoms with van der Waals surface area (Å²) < 4.78 is 5.15. The number of amides is 1. The highest BCUT2D eigenvalue weighted by Crippen LogP contribution is 2.26. The summed E-state index contributed by atoms with van der Waals surface area (Å²) in [5.41, 5.74) is 11.2. The van der Waals surface area contributed by atoms with Gasteiger partial charge in [-0.2, -0.15) is 0 Å². The molecule has 1 heterocycles. The summed E-state index contributed by atoms with van der Waals surface area (Å²) in [4.78, 5) is 16.9. The van der Waals surface area contributed by atoms with Crippen LogP contribution >= 0.6 is 11.6 Å². The first-order chi connectivity index (χ1) is 13.5. The van der Waals surface area contributed by atoms with Crippen molar-refractivity contribution in [1.29, 1.82) is 0 Å². The highest BCUT2D eigenvalue weighted by molar-refractivity contribution is 6.32. The number of nitrogens with zero attached hydrogens (tertiary/aromatic N) is 1. The Bertz CT molecular complexity index is 1000. The van der Waals surface area contributed by atoms with Gasteiger partial charge in [0.2, 0.25) is 0 Å². The van der Waals surface area contributed by atoms with E-state index >= 15 is 0 Å². The molecule has 1 aromatic heterocycles. The fraction of sp³-hybridized carbons (Fsp3) is 0.182. The van der Waals surface area contributed by atoms with E-state index in [0.29, 0.717) is 29.4 Å². The maximum absolute atomic E-state index is 12.7. The molecule has 0 saturated heterocycles. The highest BCUT2D eigenvalue weighted by Gasteiger charge is 2.11. The van der Waals surface area contributed by atoms with Crippen molar-refractivity contribution in [3.63, 3.8) is 0 Å². The summed E-state index contributed by atoms with van der Waals surface area (Å²) in [5.74, 6) is 0.425. The van der Waals surface area contributed by atoms with Gasteiger partial charge in [0.1, 0.15) is 5.75 Å². The molecule has 0 bridgehead atoms. The van der Waals surface area contributed by atoms with Crippen molar-refractivity contribution in [2.45, 2.75) is 20.0 Å². The van der Waals surface area contributed by atoms with Crippen LogP contribution in [0.3, 0.4) is 0 Å². The van der Waals surface area contributed by atoms with Gasteiger partial charge in [-0.1, -0.05) is 17.7 Å². The molecule has 3 rings (SSSR count). The van der Waals surface area contributed by atoms with Crippen molar-refractivity contribution in [2.75, 3.05) is 7.11 Å². The van der Waals surface area contributed by atoms with E-state index in [2.05, 4.69) is 10.3 Å². The molecule has 0 spiro atoms. The van der Waals surface area contributed by atoms with Gasteiger partial charge >= 0.3 is 0 Å². The highest BCUT2D eigenvalue weighted by atomic mass is 35.5. The lowest BCUT2D eigenvalue weighted by atomic mass is 9.97. The Balaban J connectivity index is 1.82. The maximum atomic E-state index is 12.7. The summed E-state index contributed by atoms with van der Waals surface area (Å²) in [7, 11) is 1.56. The van der Waals surface area contributed by atoms with Crippen LogP contribution < -0.4 is 15.8 Å². The average Bonchev–Trinajstić information content (AvgIpc) is 2.72. The monoisotopic (exact) mass is 395 g/mol. The Labute approximate surface area is 169 Å². The smallest absolute Gasteiger partial charge is 0.251 e. The zero-order chi connectivity index (χ0) is 20.1. The topological polar surface area (TPSA) is 77.2 Å². The summed E-state index contributed by atoms with van der Waals surface area (Å²) >= 11 is 6.15. The number of nitrogens with one attached hydrogen (secondary N) is 1. The van der Waals surface area contributed by atoms with Gasteiger partial charge in [-0.3, -0.25) is 9.78 Å². The van der Waals surface area contributed by atoms with Crippen LogP contribution in [0, 0.1) is 6.92 Å². The van der Waals surface area contributed by atoms with Crippen molar-refractivity contribution in [1.82, 2.24) is 10.3 Å². The molecule has 0 aliphatic carbocycles. The second kappa shape index (κ2) is 8.87. The van der Waals surface area contributed by atoms with Gasteiger partial charge in [-0.15, -0.1) is 0 Å². The molecule has 1 amide bonds. The lowest BCUT2D eigenvalue weighted by molar-refractivity contribution is 0.0951. The second-order valence-electron chi connectivity index (χ2n) is 6.46. The first-order valence-electron chi connectivity index (χ1n) is 8.87. The van der Waals surface area contributed by atoms with E-state index < -0.39 is 0 Å². The lowest BCUT2D eigenvalue weighted by Gasteiger charge is -2.12. The zero-order valence-electron chi connectivity index (χ0n) is 15.8. The first-order valence-corrected chi connectivity index (χ1v) is 9.25. The number of hydrogen-bond donors (Lipinski definition) is 2. The molecule has 5 nitrogen and oxygen atoms in total. The Hall–Kier alpha value is -2.89. The number of carbonyl (C=O) groups is 1. The summed E-state index contributed by atoms with van der Waals surface area (Å²) in [6.45, 7) is 2.72. The van der Waals surface area contributed by atoms with Crippen molar-refractivity contribution in [3.05, 3.63) is 82.1 Å². The Morgan fingerprint density at radius 2 is 2.00 bits per heavy atom. The van der Waals surface area contributed by atoms with Crippen LogP contribution in [0.25, 0.3) is 11.1 Å². The predicted molar refractivity (Wildman–Crippen MR) is 111 cm³/mol. The normalized spacial score (nSPS) is 10.6. The molecule has 3 aromatic rings. The number of aromatic nitrogens is 1. The van der Waals surface area contributed by atoms with Gasteiger partial charge < -0.3 is 15.8 Å². The van der Waals surface area contributed by atoms with E-state index in [1.54, 1.807) is 31.6 Å². The van der Waals surface area contributed by atoms with E-state index in [1.807, 2.05) is 37.3 Å². The van der Waals surface area contributed by atoms with Gasteiger partial charge in [0.05, 0.1) is 12.1 Å². The first kappa shape index (κ1) is 19.9. The molecule has 2 aromatic carbocycles. The van der Waals surface area contributed by atoms with Crippen LogP contribution in [-0.2, 0) is 13.1 Å². The molecule has 0 atom stereocenters. The predicted octanol–water partition coefficient (Wildman–Crippen LogP) is 4.11. The van der Waals surface area contributed by atoms with Crippen LogP contribution in [-0.4, -0.2) is 18.0 Å². The van der Waals surface area contributed by atoms with Crippen LogP contribution in [0.4, 0.5) is 0 Å². The summed E-state index contributed by atoms with van der Waals surface area (Å²) in [6, 6.07) is 13.0. The number of aryl methyl sites for hydroxylation is 1. The standard InChI is InChI=1S/C22H22ClN3O2/c1-14-5-6-25-13-19(14)17-7-16(11-24)8-18(10-17)22(27)26-12-15-3-4-21(28-2)20(23)9-15/h3-10,13H,11-12,24H2,1-2H3,(H,26,27). The molecular formula is C22H22ClN3O2. The van der Waals surface area contributed by atoms with E-state index in [1.165, 1.54) is 0 Å². The van der Waals surface area contributed by atoms with Gasteiger partial charge in [0, 0.05) is 36.6 Å². The maximum Gasteiger partial charge on any atom is 0.251 e. The quantitative estimate of drug-likeness (QED) is 0.658. The van der Waals surface area contributed by atoms with Crippen LogP contribution in [0.15, 0.2) is 54.9 Å². The average molecular weight is 396 g/mol. The third-order valence-electron chi connectivity index (χ3n) is 4.51. The molecule has 6 heteroatoms. The van der Waals surface area contributed by atoms with E-state index in [-0.39, 0.29) is 5.91 Å². The number of carbonyl (C=O) groups excluding carboxylic acids is 1. The number of halogens is 1. The van der Waals surface area contributed by atoms with E-state index in [0.717, 1.165) is 27.8 Å². The Morgan fingerprint density at radius 1 is 1.18 bits per heavy atom. The van der Waals surface area contributed by atoms with Gasteiger partial charge in [0.15, 0.2) is 0 Å². The number of pyridine rings is 1. The molecule has 0 saturated carbocycles. The van der Waals surface area contributed by atoms with Crippen molar-refractivity contribution < 1.29 is 9.53 Å². The fourth-order valence-corrected chi connectivity index (χ4v) is 3.25. The van der Waals surface area contributed by atoms with Crippen molar-refractivity contribution >= 4 is 17.5 Å². The number of rotatable bonds is 6. The Morgan fingerprint density at radius 3 is 2.68 bits per heavy atom. The molecule has 0 fully saturated rings. The molecule has 0 unspecified atom stereocenters. The Kier molecular flexibility index (Phi) is 6.29. The number of nitrogens with two attached hydrogens (primary N) is 1. The number of hydrogen-bond acceptors (Lipinski definition) is 4. The second-order valence-corrected chi connectivity index (χ2v) is 6.87. The van der Waals surface area contributed by atoms with Crippen LogP contribution in [0.5, 0.6) is 5.75 Å². The van der Waals surface area contributed by atoms with Gasteiger partial charge in [-0.05, 0) is 65.6 Å². The third kappa shape index (κ3) is 4.50. The van der Waals surface area contributed by atoms with E-state index in [9.17, 15) is 4.79 Å². The van der Waals surface area contributed by atoms with Crippen molar-refractivity contribution in [2.24, 2.45) is 5.73 Å². The minimum atomic E-state index is -0.176. The zero-order valence-corrected chi connectivity index (χ0v) is 16.6. The summed E-state index contributed by atoms with van der Waals surface area (Å²) in [6.07, 6.45) is 3.55. The molecule has 0 radical (unpaired) electrons. The number of ether oxygens (including phenoxy) is 1. The molecular weight excluding hydrogens is 374 g/mol. The molecule has 3 N–H and O–H groups in total. The number of benzene rings is 2. The fourth-order valence-electron chi connectivity index (χ4n) is 2.97. The van der Waals surface area contributed by atoms with Crippen LogP contribution in [0.2, 0.25) is 5.02 Å². The minimum Gasteiger partial charge on any atom is -0.495 e.